The molecule has 0 aliphatic rings. The van der Waals surface area contributed by atoms with Gasteiger partial charge in [0, 0.05) is 32.6 Å². The van der Waals surface area contributed by atoms with Gasteiger partial charge < -0.3 is 5.32 Å². The third-order valence-electron chi connectivity index (χ3n) is 2.39. The first-order valence-corrected chi connectivity index (χ1v) is 6.83. The zero-order valence-corrected chi connectivity index (χ0v) is 12.7. The lowest BCUT2D eigenvalue weighted by molar-refractivity contribution is 0.102. The van der Waals surface area contributed by atoms with E-state index in [9.17, 15) is 4.79 Å². The first-order valence-electron chi connectivity index (χ1n) is 5.24. The third-order valence-corrected chi connectivity index (χ3v) is 3.31. The van der Waals surface area contributed by atoms with Gasteiger partial charge in [0.1, 0.15) is 0 Å². The van der Waals surface area contributed by atoms with Crippen molar-refractivity contribution in [2.75, 3.05) is 5.32 Å². The summed E-state index contributed by atoms with van der Waals surface area (Å²) in [6.07, 6.45) is 3.37. The second-order valence-corrected chi connectivity index (χ2v) is 5.63. The lowest BCUT2D eigenvalue weighted by Gasteiger charge is -2.08. The van der Waals surface area contributed by atoms with Crippen LogP contribution < -0.4 is 5.32 Å². The Morgan fingerprint density at radius 1 is 1.22 bits per heavy atom. The Morgan fingerprint density at radius 3 is 2.50 bits per heavy atom. The van der Waals surface area contributed by atoms with E-state index in [0.29, 0.717) is 5.56 Å². The number of anilines is 1. The molecule has 1 aromatic carbocycles. The van der Waals surface area contributed by atoms with Crippen molar-refractivity contribution < 1.29 is 4.79 Å². The summed E-state index contributed by atoms with van der Waals surface area (Å²) in [5, 5.41) is 2.86. The second-order valence-electron chi connectivity index (χ2n) is 3.80. The van der Waals surface area contributed by atoms with E-state index < -0.39 is 0 Å². The Hall–Kier alpha value is -1.20. The minimum absolute atomic E-state index is 0.147. The smallest absolute Gasteiger partial charge is 0.255 e. The number of carbonyl (C=O) groups excluding carboxylic acids is 1. The van der Waals surface area contributed by atoms with E-state index in [1.54, 1.807) is 30.6 Å². The molecule has 2 aromatic rings. The molecule has 2 rings (SSSR count). The number of amides is 1. The van der Waals surface area contributed by atoms with Gasteiger partial charge in [-0.2, -0.15) is 0 Å². The highest BCUT2D eigenvalue weighted by Crippen LogP contribution is 2.21. The average Bonchev–Trinajstić information content (AvgIpc) is 2.31. The van der Waals surface area contributed by atoms with Gasteiger partial charge in [0.15, 0.2) is 0 Å². The summed E-state index contributed by atoms with van der Waals surface area (Å²) in [6, 6.07) is 7.21. The molecule has 0 aliphatic heterocycles. The van der Waals surface area contributed by atoms with Crippen LogP contribution in [0.25, 0.3) is 0 Å². The Labute approximate surface area is 122 Å². The van der Waals surface area contributed by atoms with Crippen molar-refractivity contribution in [3.63, 3.8) is 0 Å². The summed E-state index contributed by atoms with van der Waals surface area (Å²) in [7, 11) is 0. The molecule has 3 nitrogen and oxygen atoms in total. The highest BCUT2D eigenvalue weighted by Gasteiger charge is 2.09. The topological polar surface area (TPSA) is 42.0 Å². The van der Waals surface area contributed by atoms with E-state index in [4.69, 9.17) is 0 Å². The first-order chi connectivity index (χ1) is 8.56. The van der Waals surface area contributed by atoms with Crippen LogP contribution in [0.1, 0.15) is 15.9 Å². The number of nitrogens with one attached hydrogen (secondary N) is 1. The van der Waals surface area contributed by atoms with Crippen LogP contribution in [0.3, 0.4) is 0 Å². The number of aryl methyl sites for hydroxylation is 1. The highest BCUT2D eigenvalue weighted by molar-refractivity contribution is 9.11. The zero-order chi connectivity index (χ0) is 13.1. The molecule has 0 aliphatic carbocycles. The second kappa shape index (κ2) is 5.63. The molecule has 1 amide bonds. The Morgan fingerprint density at radius 2 is 1.89 bits per heavy atom. The summed E-state index contributed by atoms with van der Waals surface area (Å²) in [6.45, 7) is 1.90. The number of nitrogens with zero attached hydrogens (tertiary/aromatic N) is 1. The Bertz CT molecular complexity index is 579. The summed E-state index contributed by atoms with van der Waals surface area (Å²) in [4.78, 5) is 16.1. The summed E-state index contributed by atoms with van der Waals surface area (Å²) in [5.41, 5.74) is 2.29. The van der Waals surface area contributed by atoms with E-state index >= 15 is 0 Å². The number of hydrogen-bond donors (Lipinski definition) is 1. The minimum atomic E-state index is -0.147. The van der Waals surface area contributed by atoms with Crippen LogP contribution in [0.4, 0.5) is 5.69 Å². The van der Waals surface area contributed by atoms with Crippen LogP contribution in [0, 0.1) is 6.92 Å². The number of hydrogen-bond acceptors (Lipinski definition) is 2. The molecule has 0 unspecified atom stereocenters. The molecule has 0 radical (unpaired) electrons. The van der Waals surface area contributed by atoms with E-state index in [1.807, 2.05) is 13.0 Å². The van der Waals surface area contributed by atoms with Gasteiger partial charge in [-0.15, -0.1) is 0 Å². The minimum Gasteiger partial charge on any atom is -0.322 e. The molecule has 0 saturated heterocycles. The number of rotatable bonds is 2. The number of carbonyl (C=O) groups is 1. The fourth-order valence-electron chi connectivity index (χ4n) is 1.49. The molecule has 0 bridgehead atoms. The van der Waals surface area contributed by atoms with Crippen LogP contribution in [0.2, 0.25) is 0 Å². The average molecular weight is 370 g/mol. The Balaban J connectivity index is 2.25. The van der Waals surface area contributed by atoms with Crippen LogP contribution in [-0.2, 0) is 0 Å². The molecule has 18 heavy (non-hydrogen) atoms. The predicted molar refractivity (Wildman–Crippen MR) is 78.8 cm³/mol. The van der Waals surface area contributed by atoms with Crippen molar-refractivity contribution >= 4 is 43.5 Å². The van der Waals surface area contributed by atoms with Crippen LogP contribution in [-0.4, -0.2) is 10.9 Å². The van der Waals surface area contributed by atoms with Gasteiger partial charge in [-0.3, -0.25) is 9.78 Å². The van der Waals surface area contributed by atoms with Gasteiger partial charge in [-0.05, 0) is 36.8 Å². The number of pyridine rings is 1. The summed E-state index contributed by atoms with van der Waals surface area (Å²) < 4.78 is 1.71. The van der Waals surface area contributed by atoms with Gasteiger partial charge in [0.25, 0.3) is 5.91 Å². The molecular formula is C13H10Br2N2O. The fraction of sp³-hybridized carbons (Fsp3) is 0.0769. The highest BCUT2D eigenvalue weighted by atomic mass is 79.9. The quantitative estimate of drug-likeness (QED) is 0.863. The molecule has 0 spiro atoms. The summed E-state index contributed by atoms with van der Waals surface area (Å²) >= 11 is 6.72. The normalized spacial score (nSPS) is 10.2. The molecule has 0 fully saturated rings. The lowest BCUT2D eigenvalue weighted by atomic mass is 10.2. The molecular weight excluding hydrogens is 360 g/mol. The van der Waals surface area contributed by atoms with E-state index in [-0.39, 0.29) is 5.91 Å². The number of halogens is 2. The molecule has 1 aromatic heterocycles. The van der Waals surface area contributed by atoms with Crippen molar-refractivity contribution in [3.8, 4) is 0 Å². The third kappa shape index (κ3) is 3.17. The van der Waals surface area contributed by atoms with Crippen molar-refractivity contribution in [1.29, 1.82) is 0 Å². The summed E-state index contributed by atoms with van der Waals surface area (Å²) in [5.74, 6) is -0.147. The van der Waals surface area contributed by atoms with E-state index in [1.165, 1.54) is 0 Å². The van der Waals surface area contributed by atoms with E-state index in [0.717, 1.165) is 20.2 Å². The molecule has 0 saturated carbocycles. The van der Waals surface area contributed by atoms with Gasteiger partial charge >= 0.3 is 0 Å². The fourth-order valence-corrected chi connectivity index (χ4v) is 2.79. The maximum Gasteiger partial charge on any atom is 0.255 e. The molecule has 0 atom stereocenters. The lowest BCUT2D eigenvalue weighted by Crippen LogP contribution is -2.12. The maximum absolute atomic E-state index is 12.1. The van der Waals surface area contributed by atoms with Gasteiger partial charge in [0.05, 0.1) is 0 Å². The van der Waals surface area contributed by atoms with Crippen molar-refractivity contribution in [3.05, 3.63) is 56.7 Å². The number of benzene rings is 1. The van der Waals surface area contributed by atoms with Crippen molar-refractivity contribution in [2.45, 2.75) is 6.92 Å². The maximum atomic E-state index is 12.1. The monoisotopic (exact) mass is 368 g/mol. The number of aromatic nitrogens is 1. The van der Waals surface area contributed by atoms with Crippen LogP contribution in [0.15, 0.2) is 45.6 Å². The van der Waals surface area contributed by atoms with Crippen molar-refractivity contribution in [2.24, 2.45) is 0 Å². The molecule has 5 heteroatoms. The standard InChI is InChI=1S/C13H10Br2N2O/c1-8-7-16-3-2-12(8)17-13(18)9-4-10(14)6-11(15)5-9/h2-7H,1H3,(H,16,17,18). The zero-order valence-electron chi connectivity index (χ0n) is 9.58. The first kappa shape index (κ1) is 13.2. The molecule has 1 N–H and O–H groups in total. The SMILES string of the molecule is Cc1cnccc1NC(=O)c1cc(Br)cc(Br)c1. The molecule has 1 heterocycles. The predicted octanol–water partition coefficient (Wildman–Crippen LogP) is 4.17. The van der Waals surface area contributed by atoms with E-state index in [2.05, 4.69) is 42.2 Å². The van der Waals surface area contributed by atoms with Gasteiger partial charge in [0.2, 0.25) is 0 Å². The Kier molecular flexibility index (Phi) is 4.14. The van der Waals surface area contributed by atoms with Crippen LogP contribution in [0.5, 0.6) is 0 Å². The van der Waals surface area contributed by atoms with Gasteiger partial charge in [-0.1, -0.05) is 31.9 Å². The molecule has 92 valence electrons. The van der Waals surface area contributed by atoms with Crippen LogP contribution >= 0.6 is 31.9 Å². The van der Waals surface area contributed by atoms with Crippen molar-refractivity contribution in [1.82, 2.24) is 4.98 Å². The largest absolute Gasteiger partial charge is 0.322 e. The van der Waals surface area contributed by atoms with Gasteiger partial charge in [-0.25, -0.2) is 0 Å².